The van der Waals surface area contributed by atoms with E-state index in [9.17, 15) is 13.2 Å². The number of carbonyl (C=O) groups is 1. The Balaban J connectivity index is 1.67. The number of nitrogen functional groups attached to an aromatic ring is 1. The average molecular weight is 352 g/mol. The molecular weight excluding hydrogens is 328 g/mol. The van der Waals surface area contributed by atoms with Gasteiger partial charge >= 0.3 is 0 Å². The summed E-state index contributed by atoms with van der Waals surface area (Å²) in [7, 11) is -3.17. The molecule has 1 amide bonds. The van der Waals surface area contributed by atoms with E-state index < -0.39 is 15.9 Å². The van der Waals surface area contributed by atoms with E-state index in [1.165, 1.54) is 0 Å². The van der Waals surface area contributed by atoms with E-state index in [0.29, 0.717) is 25.9 Å². The molecule has 7 nitrogen and oxygen atoms in total. The zero-order chi connectivity index (χ0) is 17.3. The van der Waals surface area contributed by atoms with Crippen LogP contribution in [0.25, 0.3) is 0 Å². The van der Waals surface area contributed by atoms with Crippen LogP contribution in [0, 0.1) is 0 Å². The second kappa shape index (κ2) is 6.68. The molecule has 24 heavy (non-hydrogen) atoms. The topological polar surface area (TPSA) is 119 Å². The summed E-state index contributed by atoms with van der Waals surface area (Å²) in [4.78, 5) is 15.5. The highest BCUT2D eigenvalue weighted by molar-refractivity contribution is 7.89. The standard InChI is InChI=1S/C16H24N4O3S/c17-15-13(16(18)21)5-6-14(19-15)11-7-9-20(10-8-11)24(22,23)12-3-1-2-4-12/h5-6,11-12H,1-4,7-10H2,(H2,17,19)(H2,18,21). The van der Waals surface area contributed by atoms with Crippen molar-refractivity contribution < 1.29 is 13.2 Å². The first kappa shape index (κ1) is 17.2. The molecule has 1 aliphatic heterocycles. The van der Waals surface area contributed by atoms with Gasteiger partial charge in [-0.3, -0.25) is 4.79 Å². The summed E-state index contributed by atoms with van der Waals surface area (Å²) in [5.74, 6) is -0.297. The number of primary amides is 1. The molecule has 2 aliphatic rings. The van der Waals surface area contributed by atoms with Crippen LogP contribution in [0.5, 0.6) is 0 Å². The van der Waals surface area contributed by atoms with E-state index in [1.54, 1.807) is 16.4 Å². The highest BCUT2D eigenvalue weighted by Gasteiger charge is 2.36. The van der Waals surface area contributed by atoms with Crippen LogP contribution < -0.4 is 11.5 Å². The molecule has 0 radical (unpaired) electrons. The molecule has 0 atom stereocenters. The van der Waals surface area contributed by atoms with Crippen molar-refractivity contribution in [3.63, 3.8) is 0 Å². The lowest BCUT2D eigenvalue weighted by molar-refractivity contribution is 0.100. The van der Waals surface area contributed by atoms with E-state index in [2.05, 4.69) is 4.98 Å². The molecular formula is C16H24N4O3S. The molecule has 0 aromatic carbocycles. The molecule has 0 unspecified atom stereocenters. The van der Waals surface area contributed by atoms with Gasteiger partial charge in [-0.05, 0) is 37.8 Å². The molecule has 4 N–H and O–H groups in total. The van der Waals surface area contributed by atoms with E-state index in [-0.39, 0.29) is 22.5 Å². The van der Waals surface area contributed by atoms with Crippen LogP contribution in [0.3, 0.4) is 0 Å². The Labute approximate surface area is 142 Å². The number of hydrogen-bond acceptors (Lipinski definition) is 5. The fourth-order valence-corrected chi connectivity index (χ4v) is 5.80. The number of pyridine rings is 1. The number of piperidine rings is 1. The van der Waals surface area contributed by atoms with Crippen LogP contribution in [0.4, 0.5) is 5.82 Å². The van der Waals surface area contributed by atoms with Crippen molar-refractivity contribution in [2.75, 3.05) is 18.8 Å². The summed E-state index contributed by atoms with van der Waals surface area (Å²) >= 11 is 0. The van der Waals surface area contributed by atoms with Gasteiger partial charge in [-0.15, -0.1) is 0 Å². The molecule has 1 saturated carbocycles. The molecule has 0 bridgehead atoms. The molecule has 1 aromatic rings. The number of hydrogen-bond donors (Lipinski definition) is 2. The van der Waals surface area contributed by atoms with Crippen LogP contribution in [0.1, 0.15) is 60.5 Å². The summed E-state index contributed by atoms with van der Waals surface area (Å²) in [6, 6.07) is 3.36. The fourth-order valence-electron chi connectivity index (χ4n) is 3.73. The van der Waals surface area contributed by atoms with Crippen molar-refractivity contribution in [2.24, 2.45) is 5.73 Å². The lowest BCUT2D eigenvalue weighted by atomic mass is 9.94. The molecule has 8 heteroatoms. The van der Waals surface area contributed by atoms with Crippen molar-refractivity contribution in [3.8, 4) is 0 Å². The molecule has 1 saturated heterocycles. The lowest BCUT2D eigenvalue weighted by Gasteiger charge is -2.32. The summed E-state index contributed by atoms with van der Waals surface area (Å²) in [6.45, 7) is 1.03. The number of anilines is 1. The quantitative estimate of drug-likeness (QED) is 0.844. The van der Waals surface area contributed by atoms with Crippen molar-refractivity contribution in [1.29, 1.82) is 0 Å². The van der Waals surface area contributed by atoms with Gasteiger partial charge in [-0.25, -0.2) is 17.7 Å². The van der Waals surface area contributed by atoms with Crippen molar-refractivity contribution in [1.82, 2.24) is 9.29 Å². The maximum atomic E-state index is 12.6. The average Bonchev–Trinajstić information content (AvgIpc) is 3.10. The molecule has 2 heterocycles. The van der Waals surface area contributed by atoms with Gasteiger partial charge in [-0.1, -0.05) is 12.8 Å². The number of sulfonamides is 1. The first-order valence-corrected chi connectivity index (χ1v) is 9.95. The number of rotatable bonds is 4. The predicted octanol–water partition coefficient (Wildman–Crippen LogP) is 1.21. The molecule has 1 aliphatic carbocycles. The molecule has 3 rings (SSSR count). The Morgan fingerprint density at radius 3 is 2.29 bits per heavy atom. The highest BCUT2D eigenvalue weighted by atomic mass is 32.2. The van der Waals surface area contributed by atoms with Gasteiger partial charge in [0.05, 0.1) is 10.8 Å². The normalized spacial score (nSPS) is 21.2. The van der Waals surface area contributed by atoms with Crippen LogP contribution in [0.2, 0.25) is 0 Å². The fraction of sp³-hybridized carbons (Fsp3) is 0.625. The second-order valence-corrected chi connectivity index (χ2v) is 8.87. The summed E-state index contributed by atoms with van der Waals surface area (Å²) in [5, 5.41) is -0.197. The SMILES string of the molecule is NC(=O)c1ccc(C2CCN(S(=O)(=O)C3CCCC3)CC2)nc1N. The monoisotopic (exact) mass is 352 g/mol. The van der Waals surface area contributed by atoms with Gasteiger partial charge in [0.1, 0.15) is 5.82 Å². The third-order valence-corrected chi connectivity index (χ3v) is 7.57. The maximum Gasteiger partial charge on any atom is 0.252 e. The Kier molecular flexibility index (Phi) is 4.78. The van der Waals surface area contributed by atoms with Gasteiger partial charge in [-0.2, -0.15) is 0 Å². The molecule has 0 spiro atoms. The summed E-state index contributed by atoms with van der Waals surface area (Å²) in [5.41, 5.74) is 12.1. The predicted molar refractivity (Wildman–Crippen MR) is 91.9 cm³/mol. The molecule has 2 fully saturated rings. The maximum absolute atomic E-state index is 12.6. The first-order valence-electron chi connectivity index (χ1n) is 8.45. The number of nitrogens with two attached hydrogens (primary N) is 2. The third kappa shape index (κ3) is 3.25. The van der Waals surface area contributed by atoms with Crippen LogP contribution >= 0.6 is 0 Å². The van der Waals surface area contributed by atoms with Crippen molar-refractivity contribution in [2.45, 2.75) is 49.7 Å². The van der Waals surface area contributed by atoms with E-state index in [4.69, 9.17) is 11.5 Å². The van der Waals surface area contributed by atoms with Gasteiger partial charge in [0.25, 0.3) is 5.91 Å². The Morgan fingerprint density at radius 1 is 1.12 bits per heavy atom. The van der Waals surface area contributed by atoms with Crippen molar-refractivity contribution >= 4 is 21.7 Å². The van der Waals surface area contributed by atoms with Crippen LogP contribution in [-0.2, 0) is 10.0 Å². The van der Waals surface area contributed by atoms with Gasteiger partial charge in [0.15, 0.2) is 0 Å². The van der Waals surface area contributed by atoms with Crippen LogP contribution in [0.15, 0.2) is 12.1 Å². The van der Waals surface area contributed by atoms with Crippen LogP contribution in [-0.4, -0.2) is 42.0 Å². The highest BCUT2D eigenvalue weighted by Crippen LogP contribution is 2.33. The van der Waals surface area contributed by atoms with E-state index >= 15 is 0 Å². The second-order valence-electron chi connectivity index (χ2n) is 6.66. The largest absolute Gasteiger partial charge is 0.383 e. The molecule has 1 aromatic heterocycles. The number of nitrogens with zero attached hydrogens (tertiary/aromatic N) is 2. The van der Waals surface area contributed by atoms with Gasteiger partial charge < -0.3 is 11.5 Å². The minimum Gasteiger partial charge on any atom is -0.383 e. The first-order chi connectivity index (χ1) is 11.4. The molecule has 132 valence electrons. The number of amides is 1. The lowest BCUT2D eigenvalue weighted by Crippen LogP contribution is -2.42. The summed E-state index contributed by atoms with van der Waals surface area (Å²) < 4.78 is 26.9. The Bertz CT molecular complexity index is 721. The number of aromatic nitrogens is 1. The van der Waals surface area contributed by atoms with Gasteiger partial charge in [0, 0.05) is 24.7 Å². The smallest absolute Gasteiger partial charge is 0.252 e. The zero-order valence-electron chi connectivity index (χ0n) is 13.6. The summed E-state index contributed by atoms with van der Waals surface area (Å²) in [6.07, 6.45) is 5.03. The number of carbonyl (C=O) groups excluding carboxylic acids is 1. The minimum absolute atomic E-state index is 0.140. The van der Waals surface area contributed by atoms with E-state index in [1.807, 2.05) is 0 Å². The Hall–Kier alpha value is -1.67. The van der Waals surface area contributed by atoms with Crippen molar-refractivity contribution in [3.05, 3.63) is 23.4 Å². The Morgan fingerprint density at radius 2 is 1.75 bits per heavy atom. The minimum atomic E-state index is -3.17. The van der Waals surface area contributed by atoms with Gasteiger partial charge in [0.2, 0.25) is 10.0 Å². The third-order valence-electron chi connectivity index (χ3n) is 5.17. The zero-order valence-corrected chi connectivity index (χ0v) is 14.5. The van der Waals surface area contributed by atoms with E-state index in [0.717, 1.165) is 31.4 Å².